The normalized spacial score (nSPS) is 10.5. The lowest BCUT2D eigenvalue weighted by molar-refractivity contribution is -0.143. The minimum Gasteiger partial charge on any atom is -0.478 e. The van der Waals surface area contributed by atoms with Gasteiger partial charge in [-0.2, -0.15) is 0 Å². The maximum Gasteiger partial charge on any atom is 0.328 e. The van der Waals surface area contributed by atoms with Crippen molar-refractivity contribution >= 4 is 18.0 Å². The molecule has 0 aliphatic heterocycles. The Hall–Kier alpha value is -2.10. The molecule has 0 heterocycles. The number of hydrogen-bond acceptors (Lipinski definition) is 3. The van der Waals surface area contributed by atoms with E-state index in [4.69, 9.17) is 9.84 Å². The van der Waals surface area contributed by atoms with Crippen LogP contribution in [0.25, 0.3) is 6.08 Å². The van der Waals surface area contributed by atoms with Gasteiger partial charge in [0.05, 0.1) is 6.61 Å². The van der Waals surface area contributed by atoms with Crippen LogP contribution in [-0.4, -0.2) is 23.7 Å². The van der Waals surface area contributed by atoms with Gasteiger partial charge in [-0.25, -0.2) is 4.79 Å². The van der Waals surface area contributed by atoms with Crippen LogP contribution < -0.4 is 0 Å². The van der Waals surface area contributed by atoms with E-state index >= 15 is 0 Å². The first-order valence-corrected chi connectivity index (χ1v) is 5.78. The maximum atomic E-state index is 11.3. The molecule has 0 aliphatic rings. The van der Waals surface area contributed by atoms with E-state index in [2.05, 4.69) is 0 Å². The molecule has 0 saturated carbocycles. The van der Waals surface area contributed by atoms with Gasteiger partial charge in [-0.05, 0) is 30.5 Å². The third-order valence-corrected chi connectivity index (χ3v) is 2.36. The minimum atomic E-state index is -0.991. The first-order chi connectivity index (χ1) is 8.63. The Labute approximate surface area is 106 Å². The zero-order valence-electron chi connectivity index (χ0n) is 10.3. The van der Waals surface area contributed by atoms with Crippen LogP contribution in [0.3, 0.4) is 0 Å². The van der Waals surface area contributed by atoms with Crippen molar-refractivity contribution in [3.05, 3.63) is 41.5 Å². The predicted molar refractivity (Wildman–Crippen MR) is 68.1 cm³/mol. The third-order valence-electron chi connectivity index (χ3n) is 2.36. The number of rotatable bonds is 6. The molecule has 0 spiro atoms. The predicted octanol–water partition coefficient (Wildman–Crippen LogP) is 2.28. The molecular formula is C14H16O4. The highest BCUT2D eigenvalue weighted by Crippen LogP contribution is 2.13. The van der Waals surface area contributed by atoms with E-state index in [0.29, 0.717) is 19.4 Å². The van der Waals surface area contributed by atoms with E-state index < -0.39 is 5.97 Å². The van der Waals surface area contributed by atoms with Crippen molar-refractivity contribution < 1.29 is 19.4 Å². The van der Waals surface area contributed by atoms with E-state index in [1.807, 2.05) is 24.3 Å². The Balaban J connectivity index is 2.70. The van der Waals surface area contributed by atoms with Gasteiger partial charge in [-0.3, -0.25) is 4.79 Å². The fourth-order valence-electron chi connectivity index (χ4n) is 1.56. The van der Waals surface area contributed by atoms with Gasteiger partial charge in [0.2, 0.25) is 0 Å². The average molecular weight is 248 g/mol. The van der Waals surface area contributed by atoms with E-state index in [0.717, 1.165) is 17.2 Å². The second-order valence-corrected chi connectivity index (χ2v) is 3.68. The van der Waals surface area contributed by atoms with Crippen molar-refractivity contribution in [1.29, 1.82) is 0 Å². The van der Waals surface area contributed by atoms with Gasteiger partial charge in [0.25, 0.3) is 0 Å². The summed E-state index contributed by atoms with van der Waals surface area (Å²) in [4.78, 5) is 21.7. The number of carboxylic acid groups (broad SMARTS) is 1. The molecule has 0 fully saturated rings. The standard InChI is InChI=1S/C14H16O4/c1-2-18-14(17)10-8-12-6-4-3-5-11(12)7-9-13(15)16/h3-7,9H,2,8,10H2,1H3,(H,15,16). The molecule has 0 aromatic heterocycles. The molecule has 1 rings (SSSR count). The molecule has 1 aromatic rings. The summed E-state index contributed by atoms with van der Waals surface area (Å²) in [5.74, 6) is -1.23. The molecule has 0 radical (unpaired) electrons. The highest BCUT2D eigenvalue weighted by Gasteiger charge is 2.05. The first-order valence-electron chi connectivity index (χ1n) is 5.78. The van der Waals surface area contributed by atoms with E-state index in [9.17, 15) is 9.59 Å². The zero-order valence-corrected chi connectivity index (χ0v) is 10.3. The molecule has 0 unspecified atom stereocenters. The highest BCUT2D eigenvalue weighted by molar-refractivity contribution is 5.85. The summed E-state index contributed by atoms with van der Waals surface area (Å²) >= 11 is 0. The number of benzene rings is 1. The van der Waals surface area contributed by atoms with Crippen molar-refractivity contribution in [3.63, 3.8) is 0 Å². The zero-order chi connectivity index (χ0) is 13.4. The molecule has 0 aliphatic carbocycles. The highest BCUT2D eigenvalue weighted by atomic mass is 16.5. The molecule has 0 bridgehead atoms. The molecule has 0 amide bonds. The summed E-state index contributed by atoms with van der Waals surface area (Å²) in [5, 5.41) is 8.59. The summed E-state index contributed by atoms with van der Waals surface area (Å²) in [6.45, 7) is 2.14. The van der Waals surface area contributed by atoms with Gasteiger partial charge in [0, 0.05) is 12.5 Å². The molecule has 1 aromatic carbocycles. The summed E-state index contributed by atoms with van der Waals surface area (Å²) in [6.07, 6.45) is 3.46. The quantitative estimate of drug-likeness (QED) is 0.619. The fourth-order valence-corrected chi connectivity index (χ4v) is 1.56. The molecule has 0 saturated heterocycles. The smallest absolute Gasteiger partial charge is 0.328 e. The van der Waals surface area contributed by atoms with E-state index in [-0.39, 0.29) is 5.97 Å². The number of carbonyl (C=O) groups excluding carboxylic acids is 1. The first kappa shape index (κ1) is 14.0. The summed E-state index contributed by atoms with van der Waals surface area (Å²) in [6, 6.07) is 7.38. The van der Waals surface area contributed by atoms with Crippen LogP contribution in [0.4, 0.5) is 0 Å². The van der Waals surface area contributed by atoms with Crippen molar-refractivity contribution in [2.45, 2.75) is 19.8 Å². The van der Waals surface area contributed by atoms with Gasteiger partial charge in [0.1, 0.15) is 0 Å². The van der Waals surface area contributed by atoms with Gasteiger partial charge in [-0.1, -0.05) is 24.3 Å². The number of aryl methyl sites for hydroxylation is 1. The Kier molecular flexibility index (Phi) is 5.64. The van der Waals surface area contributed by atoms with Gasteiger partial charge < -0.3 is 9.84 Å². The fraction of sp³-hybridized carbons (Fsp3) is 0.286. The number of ether oxygens (including phenoxy) is 1. The van der Waals surface area contributed by atoms with Crippen LogP contribution in [0.2, 0.25) is 0 Å². The average Bonchev–Trinajstić information content (AvgIpc) is 2.35. The summed E-state index contributed by atoms with van der Waals surface area (Å²) in [7, 11) is 0. The lowest BCUT2D eigenvalue weighted by atomic mass is 10.0. The molecule has 96 valence electrons. The number of hydrogen-bond donors (Lipinski definition) is 1. The van der Waals surface area contributed by atoms with Gasteiger partial charge in [0.15, 0.2) is 0 Å². The Morgan fingerprint density at radius 2 is 2.06 bits per heavy atom. The minimum absolute atomic E-state index is 0.241. The number of carboxylic acids is 1. The monoisotopic (exact) mass is 248 g/mol. The van der Waals surface area contributed by atoms with Crippen LogP contribution in [0.5, 0.6) is 0 Å². The molecule has 18 heavy (non-hydrogen) atoms. The number of carbonyl (C=O) groups is 2. The SMILES string of the molecule is CCOC(=O)CCc1ccccc1C=CC(=O)O. The van der Waals surface area contributed by atoms with E-state index in [1.54, 1.807) is 6.92 Å². The molecular weight excluding hydrogens is 232 g/mol. The van der Waals surface area contributed by atoms with E-state index in [1.165, 1.54) is 6.08 Å². The Bertz CT molecular complexity index is 449. The Morgan fingerprint density at radius 3 is 2.72 bits per heavy atom. The van der Waals surface area contributed by atoms with Crippen LogP contribution in [0.15, 0.2) is 30.3 Å². The molecule has 4 heteroatoms. The molecule has 1 N–H and O–H groups in total. The maximum absolute atomic E-state index is 11.3. The van der Waals surface area contributed by atoms with Crippen LogP contribution in [0.1, 0.15) is 24.5 Å². The van der Waals surface area contributed by atoms with Crippen molar-refractivity contribution in [1.82, 2.24) is 0 Å². The lowest BCUT2D eigenvalue weighted by Crippen LogP contribution is -2.05. The van der Waals surface area contributed by atoms with Crippen molar-refractivity contribution in [2.24, 2.45) is 0 Å². The lowest BCUT2D eigenvalue weighted by Gasteiger charge is -2.05. The second-order valence-electron chi connectivity index (χ2n) is 3.68. The topological polar surface area (TPSA) is 63.6 Å². The van der Waals surface area contributed by atoms with Gasteiger partial charge in [-0.15, -0.1) is 0 Å². The largest absolute Gasteiger partial charge is 0.478 e. The van der Waals surface area contributed by atoms with Gasteiger partial charge >= 0.3 is 11.9 Å². The molecule has 0 atom stereocenters. The second kappa shape index (κ2) is 7.27. The van der Waals surface area contributed by atoms with Crippen LogP contribution in [-0.2, 0) is 20.7 Å². The summed E-state index contributed by atoms with van der Waals surface area (Å²) in [5.41, 5.74) is 1.74. The number of aliphatic carboxylic acids is 1. The van der Waals surface area contributed by atoms with Crippen LogP contribution in [0, 0.1) is 0 Å². The van der Waals surface area contributed by atoms with Crippen molar-refractivity contribution in [2.75, 3.05) is 6.61 Å². The molecule has 4 nitrogen and oxygen atoms in total. The third kappa shape index (κ3) is 4.82. The van der Waals surface area contributed by atoms with Crippen LogP contribution >= 0.6 is 0 Å². The van der Waals surface area contributed by atoms with Crippen molar-refractivity contribution in [3.8, 4) is 0 Å². The Morgan fingerprint density at radius 1 is 1.33 bits per heavy atom. The number of esters is 1. The summed E-state index contributed by atoms with van der Waals surface area (Å²) < 4.78 is 4.85.